The Morgan fingerprint density at radius 1 is 0.636 bits per heavy atom. The van der Waals surface area contributed by atoms with Crippen molar-refractivity contribution in [1.29, 1.82) is 0 Å². The van der Waals surface area contributed by atoms with Crippen molar-refractivity contribution in [1.82, 2.24) is 0 Å². The Bertz CT molecular complexity index is 3050. The lowest BCUT2D eigenvalue weighted by Gasteiger charge is -2.39. The number of furan rings is 1. The predicted octanol–water partition coefficient (Wildman–Crippen LogP) is 8.99. The highest BCUT2D eigenvalue weighted by molar-refractivity contribution is 7.03. The van der Waals surface area contributed by atoms with Gasteiger partial charge in [0.1, 0.15) is 34.2 Å². The second-order valence-electron chi connectivity index (χ2n) is 15.5. The third kappa shape index (κ3) is 4.14. The van der Waals surface area contributed by atoms with Gasteiger partial charge in [0.2, 0.25) is 0 Å². The van der Waals surface area contributed by atoms with Crippen LogP contribution in [0.4, 0.5) is 5.69 Å². The average molecular weight is 703 g/mol. The van der Waals surface area contributed by atoms with Crippen LogP contribution in [-0.2, 0) is 6.42 Å². The Kier molecular flexibility index (Phi) is 5.93. The number of fused-ring (bicyclic) bond motifs is 7. The lowest BCUT2D eigenvalue weighted by atomic mass is 9.28. The maximum absolute atomic E-state index is 6.80. The zero-order valence-corrected chi connectivity index (χ0v) is 29.8. The summed E-state index contributed by atoms with van der Waals surface area (Å²) in [4.78, 5) is 0. The van der Waals surface area contributed by atoms with Crippen LogP contribution in [0.5, 0.6) is 23.0 Å². The number of benzene rings is 6. The third-order valence-corrected chi connectivity index (χ3v) is 12.7. The van der Waals surface area contributed by atoms with Gasteiger partial charge >= 0.3 is 0 Å². The number of hydrogen-bond donors (Lipinski definition) is 1. The zero-order valence-electron chi connectivity index (χ0n) is 29.8. The summed E-state index contributed by atoms with van der Waals surface area (Å²) in [7, 11) is 0. The molecule has 1 aliphatic carbocycles. The van der Waals surface area contributed by atoms with Gasteiger partial charge in [-0.1, -0.05) is 126 Å². The van der Waals surface area contributed by atoms with E-state index in [1.807, 2.05) is 6.07 Å². The van der Waals surface area contributed by atoms with E-state index in [1.54, 1.807) is 0 Å². The molecule has 6 aliphatic heterocycles. The monoisotopic (exact) mass is 703 g/mol. The maximum atomic E-state index is 6.80. The number of allylic oxidation sites excluding steroid dienone is 8. The lowest BCUT2D eigenvalue weighted by Crippen LogP contribution is -2.55. The van der Waals surface area contributed by atoms with E-state index in [9.17, 15) is 0 Å². The second-order valence-corrected chi connectivity index (χ2v) is 15.5. The lowest BCUT2D eigenvalue weighted by molar-refractivity contribution is 0.487. The van der Waals surface area contributed by atoms with Crippen LogP contribution in [0.25, 0.3) is 33.0 Å². The van der Waals surface area contributed by atoms with Crippen LogP contribution in [0.2, 0.25) is 0 Å². The molecule has 7 heterocycles. The molecule has 0 fully saturated rings. The molecule has 14 rings (SSSR count). The smallest absolute Gasteiger partial charge is 0.254 e. The molecule has 1 unspecified atom stereocenters. The SMILES string of the molecule is C1=CC(C2=C\C3=C\Nc4c5ccc6c4B(\C(=C\2)c2c(ccc4c2B3c2ccccc2O4)C5)c2ccccc2O6)CC=C1c1cccc2c1oc1ccccc12. The molecular formula is C49H31B2NO3. The molecule has 4 nitrogen and oxygen atoms in total. The number of nitrogens with one attached hydrogen (secondary N) is 1. The van der Waals surface area contributed by atoms with Crippen LogP contribution < -0.4 is 36.6 Å². The molecule has 0 radical (unpaired) electrons. The second kappa shape index (κ2) is 11.0. The van der Waals surface area contributed by atoms with Crippen LogP contribution in [0.15, 0.2) is 167 Å². The molecule has 6 heteroatoms. The highest BCUT2D eigenvalue weighted by Crippen LogP contribution is 2.44. The minimum Gasteiger partial charge on any atom is -0.458 e. The van der Waals surface area contributed by atoms with Crippen molar-refractivity contribution in [3.63, 3.8) is 0 Å². The minimum absolute atomic E-state index is 0.00757. The van der Waals surface area contributed by atoms with E-state index in [0.717, 1.165) is 69.0 Å². The van der Waals surface area contributed by atoms with Gasteiger partial charge in [0.15, 0.2) is 0 Å². The van der Waals surface area contributed by atoms with Crippen molar-refractivity contribution in [2.45, 2.75) is 12.8 Å². The first-order valence-electron chi connectivity index (χ1n) is 19.3. The van der Waals surface area contributed by atoms with Gasteiger partial charge in [-0.25, -0.2) is 0 Å². The van der Waals surface area contributed by atoms with Gasteiger partial charge in [0, 0.05) is 34.4 Å². The molecule has 7 aliphatic rings. The fraction of sp³-hybridized carbons (Fsp3) is 0.0612. The molecule has 1 atom stereocenters. The molecule has 0 spiro atoms. The molecule has 0 saturated heterocycles. The highest BCUT2D eigenvalue weighted by Gasteiger charge is 2.45. The van der Waals surface area contributed by atoms with Gasteiger partial charge < -0.3 is 19.2 Å². The molecular weight excluding hydrogens is 672 g/mol. The number of anilines is 1. The van der Waals surface area contributed by atoms with Crippen molar-refractivity contribution < 1.29 is 13.9 Å². The summed E-state index contributed by atoms with van der Waals surface area (Å²) < 4.78 is 20.0. The molecule has 1 N–H and O–H groups in total. The molecule has 256 valence electrons. The summed E-state index contributed by atoms with van der Waals surface area (Å²) in [5, 5.41) is 6.25. The van der Waals surface area contributed by atoms with E-state index in [1.165, 1.54) is 60.6 Å². The first-order chi connectivity index (χ1) is 27.2. The Hall–Kier alpha value is -6.65. The van der Waals surface area contributed by atoms with Crippen molar-refractivity contribution in [3.05, 3.63) is 185 Å². The maximum Gasteiger partial charge on any atom is 0.254 e. The quantitative estimate of drug-likeness (QED) is 0.183. The predicted molar refractivity (Wildman–Crippen MR) is 225 cm³/mol. The molecule has 55 heavy (non-hydrogen) atoms. The van der Waals surface area contributed by atoms with Crippen LogP contribution in [0.3, 0.4) is 0 Å². The van der Waals surface area contributed by atoms with E-state index in [-0.39, 0.29) is 19.3 Å². The summed E-state index contributed by atoms with van der Waals surface area (Å²) in [6, 6.07) is 41.0. The van der Waals surface area contributed by atoms with Gasteiger partial charge in [-0.2, -0.15) is 0 Å². The van der Waals surface area contributed by atoms with E-state index < -0.39 is 0 Å². The summed E-state index contributed by atoms with van der Waals surface area (Å²) in [6.07, 6.45) is 16.1. The van der Waals surface area contributed by atoms with Gasteiger partial charge in [0.25, 0.3) is 13.4 Å². The average Bonchev–Trinajstić information content (AvgIpc) is 3.61. The molecule has 0 saturated carbocycles. The number of ether oxygens (including phenoxy) is 2. The Balaban J connectivity index is 1.04. The zero-order chi connectivity index (χ0) is 35.8. The topological polar surface area (TPSA) is 43.6 Å². The Labute approximate surface area is 319 Å². The summed E-state index contributed by atoms with van der Waals surface area (Å²) in [5.74, 6) is 3.85. The molecule has 8 bridgehead atoms. The molecule has 0 amide bonds. The molecule has 7 aromatic rings. The Morgan fingerprint density at radius 2 is 1.38 bits per heavy atom. The van der Waals surface area contributed by atoms with Crippen LogP contribution >= 0.6 is 0 Å². The normalized spacial score (nSPS) is 20.7. The van der Waals surface area contributed by atoms with E-state index in [4.69, 9.17) is 13.9 Å². The van der Waals surface area contributed by atoms with E-state index >= 15 is 0 Å². The van der Waals surface area contributed by atoms with Gasteiger partial charge in [-0.15, -0.1) is 0 Å². The minimum atomic E-state index is -0.0495. The van der Waals surface area contributed by atoms with Gasteiger partial charge in [-0.3, -0.25) is 0 Å². The number of rotatable bonds is 2. The summed E-state index contributed by atoms with van der Waals surface area (Å²) in [5.41, 5.74) is 17.9. The Morgan fingerprint density at radius 3 is 2.22 bits per heavy atom. The van der Waals surface area contributed by atoms with Crippen LogP contribution in [0, 0.1) is 5.92 Å². The molecule has 6 aromatic carbocycles. The van der Waals surface area contributed by atoms with Crippen molar-refractivity contribution in [2.24, 2.45) is 5.92 Å². The van der Waals surface area contributed by atoms with Gasteiger partial charge in [-0.05, 0) is 92.6 Å². The van der Waals surface area contributed by atoms with E-state index in [2.05, 4.69) is 151 Å². The summed E-state index contributed by atoms with van der Waals surface area (Å²) in [6.45, 7) is -0.0570. The molecule has 1 aromatic heterocycles. The van der Waals surface area contributed by atoms with Crippen molar-refractivity contribution >= 4 is 73.9 Å². The first-order valence-corrected chi connectivity index (χ1v) is 19.3. The fourth-order valence-corrected chi connectivity index (χ4v) is 10.2. The van der Waals surface area contributed by atoms with Crippen molar-refractivity contribution in [2.75, 3.05) is 5.32 Å². The largest absolute Gasteiger partial charge is 0.458 e. The fourth-order valence-electron chi connectivity index (χ4n) is 10.2. The number of hydrogen-bond acceptors (Lipinski definition) is 4. The highest BCUT2D eigenvalue weighted by atomic mass is 16.5. The third-order valence-electron chi connectivity index (χ3n) is 12.7. The van der Waals surface area contributed by atoms with Crippen LogP contribution in [-0.4, -0.2) is 13.4 Å². The first kappa shape index (κ1) is 29.8. The summed E-state index contributed by atoms with van der Waals surface area (Å²) >= 11 is 0. The van der Waals surface area contributed by atoms with Crippen LogP contribution in [0.1, 0.15) is 28.7 Å². The standard InChI is InChI=1S/C49H31B2NO3/c1-4-13-40-35(8-1)36-10-7-9-34(49(36)55-40)29-18-16-28(17-19-29)32-25-33-27-52-48-31-21-23-44-47(48)51(38-12-3-6-15-42(38)54-44)39(26-32)45-30(24-31)20-22-43-46(45)50(33)37-11-2-5-14-41(37)53-43/h1-16,18-23,25-28,52H,17,24H2/b32-25-,33-27-,39-26+. The van der Waals surface area contributed by atoms with Crippen molar-refractivity contribution in [3.8, 4) is 23.0 Å². The number of para-hydroxylation sites is 4. The van der Waals surface area contributed by atoms with Gasteiger partial charge in [0.05, 0.1) is 0 Å². The van der Waals surface area contributed by atoms with E-state index in [0.29, 0.717) is 0 Å².